The van der Waals surface area contributed by atoms with Gasteiger partial charge in [-0.1, -0.05) is 13.8 Å². The normalized spacial score (nSPS) is 23.9. The van der Waals surface area contributed by atoms with E-state index in [9.17, 15) is 4.79 Å². The Bertz CT molecular complexity index is 196. The van der Waals surface area contributed by atoms with Crippen molar-refractivity contribution < 1.29 is 4.79 Å². The first-order valence-corrected chi connectivity index (χ1v) is 5.18. The molecular weight excluding hydrogens is 162 g/mol. The van der Waals surface area contributed by atoms with Crippen LogP contribution in [-0.2, 0) is 4.79 Å². The standard InChI is InChI=1S/C11H21NO/c1-9(2)7-12-8-10(13)5-6-11(12,3)4/h9H,5-8H2,1-4H3. The van der Waals surface area contributed by atoms with E-state index in [1.54, 1.807) is 0 Å². The number of likely N-dealkylation sites (tertiary alicyclic amines) is 1. The summed E-state index contributed by atoms with van der Waals surface area (Å²) in [7, 11) is 0. The number of carbonyl (C=O) groups is 1. The number of hydrogen-bond donors (Lipinski definition) is 0. The topological polar surface area (TPSA) is 20.3 Å². The Morgan fingerprint density at radius 3 is 2.62 bits per heavy atom. The summed E-state index contributed by atoms with van der Waals surface area (Å²) < 4.78 is 0. The summed E-state index contributed by atoms with van der Waals surface area (Å²) in [6.45, 7) is 10.6. The summed E-state index contributed by atoms with van der Waals surface area (Å²) in [5, 5.41) is 0. The minimum Gasteiger partial charge on any atom is -0.298 e. The zero-order valence-electron chi connectivity index (χ0n) is 9.26. The Morgan fingerprint density at radius 2 is 2.08 bits per heavy atom. The van der Waals surface area contributed by atoms with E-state index in [4.69, 9.17) is 0 Å². The molecule has 2 heteroatoms. The molecular formula is C11H21NO. The molecule has 1 saturated heterocycles. The van der Waals surface area contributed by atoms with Crippen LogP contribution in [-0.4, -0.2) is 29.3 Å². The van der Waals surface area contributed by atoms with Crippen LogP contribution < -0.4 is 0 Å². The first kappa shape index (κ1) is 10.7. The predicted octanol–water partition coefficient (Wildman–Crippen LogP) is 2.09. The number of ketones is 1. The molecule has 1 aliphatic rings. The lowest BCUT2D eigenvalue weighted by Gasteiger charge is -2.42. The molecule has 0 unspecified atom stereocenters. The van der Waals surface area contributed by atoms with Crippen molar-refractivity contribution in [1.29, 1.82) is 0 Å². The predicted molar refractivity (Wildman–Crippen MR) is 54.7 cm³/mol. The summed E-state index contributed by atoms with van der Waals surface area (Å²) in [6, 6.07) is 0. The summed E-state index contributed by atoms with van der Waals surface area (Å²) >= 11 is 0. The first-order chi connectivity index (χ1) is 5.92. The van der Waals surface area contributed by atoms with Crippen molar-refractivity contribution in [3.8, 4) is 0 Å². The maximum absolute atomic E-state index is 11.3. The second kappa shape index (κ2) is 3.79. The van der Waals surface area contributed by atoms with E-state index in [0.717, 1.165) is 19.4 Å². The van der Waals surface area contributed by atoms with Crippen molar-refractivity contribution in [3.05, 3.63) is 0 Å². The summed E-state index contributed by atoms with van der Waals surface area (Å²) in [6.07, 6.45) is 1.78. The van der Waals surface area contributed by atoms with E-state index in [1.165, 1.54) is 0 Å². The third-order valence-corrected chi connectivity index (χ3v) is 2.82. The molecule has 0 aliphatic carbocycles. The molecule has 1 rings (SSSR count). The average Bonchev–Trinajstić information content (AvgIpc) is 1.97. The largest absolute Gasteiger partial charge is 0.298 e. The Kier molecular flexibility index (Phi) is 3.12. The summed E-state index contributed by atoms with van der Waals surface area (Å²) in [5.41, 5.74) is 0.220. The monoisotopic (exact) mass is 183 g/mol. The second-order valence-corrected chi connectivity index (χ2v) is 5.13. The van der Waals surface area contributed by atoms with Gasteiger partial charge in [-0.25, -0.2) is 0 Å². The Hall–Kier alpha value is -0.370. The third kappa shape index (κ3) is 2.80. The van der Waals surface area contributed by atoms with E-state index in [-0.39, 0.29) is 5.54 Å². The number of carbonyl (C=O) groups excluding carboxylic acids is 1. The van der Waals surface area contributed by atoms with E-state index >= 15 is 0 Å². The summed E-state index contributed by atoms with van der Waals surface area (Å²) in [5.74, 6) is 1.05. The van der Waals surface area contributed by atoms with Crippen LogP contribution in [0.25, 0.3) is 0 Å². The molecule has 1 fully saturated rings. The van der Waals surface area contributed by atoms with Crippen molar-refractivity contribution in [1.82, 2.24) is 4.90 Å². The lowest BCUT2D eigenvalue weighted by atomic mass is 9.89. The number of rotatable bonds is 2. The van der Waals surface area contributed by atoms with Gasteiger partial charge in [0.2, 0.25) is 0 Å². The molecule has 0 radical (unpaired) electrons. The van der Waals surface area contributed by atoms with Crippen LogP contribution in [0.2, 0.25) is 0 Å². The van der Waals surface area contributed by atoms with Crippen molar-refractivity contribution in [2.45, 2.75) is 46.1 Å². The van der Waals surface area contributed by atoms with E-state index in [2.05, 4.69) is 32.6 Å². The zero-order valence-corrected chi connectivity index (χ0v) is 9.26. The SMILES string of the molecule is CC(C)CN1CC(=O)CCC1(C)C. The van der Waals surface area contributed by atoms with Gasteiger partial charge in [0, 0.05) is 18.5 Å². The zero-order chi connectivity index (χ0) is 10.1. The van der Waals surface area contributed by atoms with Gasteiger partial charge in [-0.05, 0) is 26.2 Å². The molecule has 0 atom stereocenters. The van der Waals surface area contributed by atoms with Gasteiger partial charge in [-0.2, -0.15) is 0 Å². The van der Waals surface area contributed by atoms with Crippen LogP contribution in [0.1, 0.15) is 40.5 Å². The highest BCUT2D eigenvalue weighted by atomic mass is 16.1. The van der Waals surface area contributed by atoms with Crippen molar-refractivity contribution in [2.24, 2.45) is 5.92 Å². The fourth-order valence-electron chi connectivity index (χ4n) is 1.86. The molecule has 0 amide bonds. The van der Waals surface area contributed by atoms with Gasteiger partial charge in [0.1, 0.15) is 5.78 Å². The molecule has 0 saturated carbocycles. The minimum atomic E-state index is 0.220. The molecule has 0 bridgehead atoms. The second-order valence-electron chi connectivity index (χ2n) is 5.13. The highest BCUT2D eigenvalue weighted by Crippen LogP contribution is 2.26. The van der Waals surface area contributed by atoms with Crippen LogP contribution in [0.4, 0.5) is 0 Å². The molecule has 0 aromatic carbocycles. The highest BCUT2D eigenvalue weighted by molar-refractivity contribution is 5.81. The molecule has 0 spiro atoms. The minimum absolute atomic E-state index is 0.220. The molecule has 0 aromatic heterocycles. The Labute approximate surface area is 81.3 Å². The van der Waals surface area contributed by atoms with Crippen LogP contribution in [0, 0.1) is 5.92 Å². The molecule has 1 heterocycles. The molecule has 0 aromatic rings. The Morgan fingerprint density at radius 1 is 1.46 bits per heavy atom. The van der Waals surface area contributed by atoms with Gasteiger partial charge in [-0.3, -0.25) is 9.69 Å². The van der Waals surface area contributed by atoms with Gasteiger partial charge in [0.25, 0.3) is 0 Å². The fraction of sp³-hybridized carbons (Fsp3) is 0.909. The van der Waals surface area contributed by atoms with Gasteiger partial charge >= 0.3 is 0 Å². The third-order valence-electron chi connectivity index (χ3n) is 2.82. The number of nitrogens with zero attached hydrogens (tertiary/aromatic N) is 1. The summed E-state index contributed by atoms with van der Waals surface area (Å²) in [4.78, 5) is 13.6. The average molecular weight is 183 g/mol. The van der Waals surface area contributed by atoms with Gasteiger partial charge in [-0.15, -0.1) is 0 Å². The van der Waals surface area contributed by atoms with Gasteiger partial charge in [0.05, 0.1) is 6.54 Å². The smallest absolute Gasteiger partial charge is 0.146 e. The van der Waals surface area contributed by atoms with Crippen LogP contribution in [0.5, 0.6) is 0 Å². The Balaban J connectivity index is 2.61. The molecule has 1 aliphatic heterocycles. The van der Waals surface area contributed by atoms with E-state index in [1.807, 2.05) is 0 Å². The molecule has 13 heavy (non-hydrogen) atoms. The maximum atomic E-state index is 11.3. The van der Waals surface area contributed by atoms with Crippen molar-refractivity contribution in [2.75, 3.05) is 13.1 Å². The first-order valence-electron chi connectivity index (χ1n) is 5.18. The van der Waals surface area contributed by atoms with Crippen molar-refractivity contribution in [3.63, 3.8) is 0 Å². The maximum Gasteiger partial charge on any atom is 0.146 e. The quantitative estimate of drug-likeness (QED) is 0.653. The fourth-order valence-corrected chi connectivity index (χ4v) is 1.86. The highest BCUT2D eigenvalue weighted by Gasteiger charge is 2.33. The molecule has 0 N–H and O–H groups in total. The number of piperidine rings is 1. The lowest BCUT2D eigenvalue weighted by molar-refractivity contribution is -0.126. The number of Topliss-reactive ketones (excluding diaryl/α,β-unsaturated/α-hetero) is 1. The van der Waals surface area contributed by atoms with Crippen LogP contribution >= 0.6 is 0 Å². The van der Waals surface area contributed by atoms with E-state index in [0.29, 0.717) is 18.2 Å². The van der Waals surface area contributed by atoms with Crippen LogP contribution in [0.3, 0.4) is 0 Å². The lowest BCUT2D eigenvalue weighted by Crippen LogP contribution is -2.51. The van der Waals surface area contributed by atoms with Gasteiger partial charge < -0.3 is 0 Å². The van der Waals surface area contributed by atoms with Crippen LogP contribution in [0.15, 0.2) is 0 Å². The molecule has 76 valence electrons. The van der Waals surface area contributed by atoms with Gasteiger partial charge in [0.15, 0.2) is 0 Å². The molecule has 2 nitrogen and oxygen atoms in total. The van der Waals surface area contributed by atoms with Crippen molar-refractivity contribution >= 4 is 5.78 Å². The van der Waals surface area contributed by atoms with E-state index < -0.39 is 0 Å². The number of hydrogen-bond acceptors (Lipinski definition) is 2.